The normalized spacial score (nSPS) is 19.8. The molecule has 7 heteroatoms. The van der Waals surface area contributed by atoms with Gasteiger partial charge in [0.2, 0.25) is 0 Å². The standard InChI is InChI=1S/C10H19F3N2O2/c11-10(12,13)9-15-6-4-14(5-7-15)3-1-2-8-17-16/h16H,1-9H2. The van der Waals surface area contributed by atoms with Gasteiger partial charge in [-0.2, -0.15) is 13.2 Å². The van der Waals surface area contributed by atoms with Gasteiger partial charge in [0, 0.05) is 26.2 Å². The number of hydrogen-bond acceptors (Lipinski definition) is 4. The van der Waals surface area contributed by atoms with Gasteiger partial charge in [0.1, 0.15) is 0 Å². The van der Waals surface area contributed by atoms with Crippen molar-refractivity contribution in [3.63, 3.8) is 0 Å². The van der Waals surface area contributed by atoms with E-state index in [1.54, 1.807) is 0 Å². The molecule has 0 amide bonds. The molecule has 1 aliphatic heterocycles. The molecule has 17 heavy (non-hydrogen) atoms. The van der Waals surface area contributed by atoms with E-state index in [4.69, 9.17) is 5.26 Å². The Hall–Kier alpha value is -0.370. The van der Waals surface area contributed by atoms with Crippen molar-refractivity contribution in [2.24, 2.45) is 0 Å². The fraction of sp³-hybridized carbons (Fsp3) is 1.00. The van der Waals surface area contributed by atoms with E-state index in [1.807, 2.05) is 0 Å². The lowest BCUT2D eigenvalue weighted by Crippen LogP contribution is -2.49. The van der Waals surface area contributed by atoms with Crippen molar-refractivity contribution in [1.29, 1.82) is 0 Å². The molecule has 0 aromatic carbocycles. The number of piperazine rings is 1. The average molecular weight is 256 g/mol. The molecule has 1 saturated heterocycles. The molecule has 0 aromatic heterocycles. The lowest BCUT2D eigenvalue weighted by molar-refractivity contribution is -0.242. The van der Waals surface area contributed by atoms with Crippen molar-refractivity contribution in [3.05, 3.63) is 0 Å². The van der Waals surface area contributed by atoms with Crippen LogP contribution in [0.1, 0.15) is 12.8 Å². The van der Waals surface area contributed by atoms with Crippen LogP contribution in [0.2, 0.25) is 0 Å². The maximum atomic E-state index is 12.1. The second-order valence-corrected chi connectivity index (χ2v) is 4.27. The van der Waals surface area contributed by atoms with Gasteiger partial charge in [-0.15, -0.1) is 0 Å². The SMILES string of the molecule is OOCCCCN1CCN(CC(F)(F)F)CC1. The summed E-state index contributed by atoms with van der Waals surface area (Å²) in [6.45, 7) is 2.65. The fourth-order valence-electron chi connectivity index (χ4n) is 1.93. The van der Waals surface area contributed by atoms with Gasteiger partial charge in [-0.05, 0) is 19.4 Å². The molecule has 102 valence electrons. The highest BCUT2D eigenvalue weighted by Gasteiger charge is 2.31. The number of nitrogens with zero attached hydrogens (tertiary/aromatic N) is 2. The Balaban J connectivity index is 2.09. The minimum absolute atomic E-state index is 0.314. The molecule has 0 aromatic rings. The largest absolute Gasteiger partial charge is 0.401 e. The number of hydrogen-bond donors (Lipinski definition) is 1. The molecule has 1 rings (SSSR count). The molecule has 1 heterocycles. The Bertz CT molecular complexity index is 206. The van der Waals surface area contributed by atoms with Crippen molar-refractivity contribution < 1.29 is 23.3 Å². The molecular weight excluding hydrogens is 237 g/mol. The first kappa shape index (κ1) is 14.7. The summed E-state index contributed by atoms with van der Waals surface area (Å²) < 4.78 is 36.4. The predicted molar refractivity (Wildman–Crippen MR) is 56.7 cm³/mol. The van der Waals surface area contributed by atoms with E-state index in [-0.39, 0.29) is 0 Å². The van der Waals surface area contributed by atoms with Crippen molar-refractivity contribution in [2.75, 3.05) is 45.9 Å². The summed E-state index contributed by atoms with van der Waals surface area (Å²) in [5, 5.41) is 8.12. The quantitative estimate of drug-likeness (QED) is 0.443. The lowest BCUT2D eigenvalue weighted by Gasteiger charge is -2.34. The minimum Gasteiger partial charge on any atom is -0.301 e. The second-order valence-electron chi connectivity index (χ2n) is 4.27. The fourth-order valence-corrected chi connectivity index (χ4v) is 1.93. The highest BCUT2D eigenvalue weighted by Crippen LogP contribution is 2.17. The van der Waals surface area contributed by atoms with E-state index >= 15 is 0 Å². The van der Waals surface area contributed by atoms with E-state index < -0.39 is 12.7 Å². The second kappa shape index (κ2) is 7.15. The van der Waals surface area contributed by atoms with E-state index in [0.717, 1.165) is 19.4 Å². The third-order valence-electron chi connectivity index (χ3n) is 2.83. The van der Waals surface area contributed by atoms with Crippen molar-refractivity contribution in [2.45, 2.75) is 19.0 Å². The van der Waals surface area contributed by atoms with Gasteiger partial charge in [0.25, 0.3) is 0 Å². The Labute approximate surface area is 98.9 Å². The molecule has 0 spiro atoms. The van der Waals surface area contributed by atoms with Crippen LogP contribution in [0.25, 0.3) is 0 Å². The first-order valence-corrected chi connectivity index (χ1v) is 5.79. The number of alkyl halides is 3. The number of halogens is 3. The van der Waals surface area contributed by atoms with Crippen LogP contribution in [0.3, 0.4) is 0 Å². The third-order valence-corrected chi connectivity index (χ3v) is 2.83. The van der Waals surface area contributed by atoms with Gasteiger partial charge in [-0.3, -0.25) is 10.2 Å². The average Bonchev–Trinajstić information content (AvgIpc) is 2.25. The van der Waals surface area contributed by atoms with Crippen LogP contribution in [-0.4, -0.2) is 67.1 Å². The van der Waals surface area contributed by atoms with Crippen LogP contribution >= 0.6 is 0 Å². The van der Waals surface area contributed by atoms with Crippen LogP contribution in [0.4, 0.5) is 13.2 Å². The predicted octanol–water partition coefficient (Wildman–Crippen LogP) is 1.44. The first-order chi connectivity index (χ1) is 8.01. The highest BCUT2D eigenvalue weighted by atomic mass is 19.4. The molecule has 0 unspecified atom stereocenters. The highest BCUT2D eigenvalue weighted by molar-refractivity contribution is 4.73. The Kier molecular flexibility index (Phi) is 6.18. The molecule has 0 saturated carbocycles. The van der Waals surface area contributed by atoms with Crippen molar-refractivity contribution in [1.82, 2.24) is 9.80 Å². The van der Waals surface area contributed by atoms with Crippen LogP contribution < -0.4 is 0 Å². The molecule has 0 radical (unpaired) electrons. The zero-order valence-corrected chi connectivity index (χ0v) is 9.75. The zero-order valence-electron chi connectivity index (χ0n) is 9.75. The first-order valence-electron chi connectivity index (χ1n) is 5.79. The maximum Gasteiger partial charge on any atom is 0.401 e. The number of rotatable bonds is 6. The van der Waals surface area contributed by atoms with E-state index in [0.29, 0.717) is 32.8 Å². The van der Waals surface area contributed by atoms with Gasteiger partial charge in [0.05, 0.1) is 13.2 Å². The van der Waals surface area contributed by atoms with Gasteiger partial charge >= 0.3 is 6.18 Å². The van der Waals surface area contributed by atoms with Crippen LogP contribution in [0.5, 0.6) is 0 Å². The lowest BCUT2D eigenvalue weighted by atomic mass is 10.2. The molecular formula is C10H19F3N2O2. The number of unbranched alkanes of at least 4 members (excludes halogenated alkanes) is 1. The van der Waals surface area contributed by atoms with Gasteiger partial charge < -0.3 is 4.90 Å². The van der Waals surface area contributed by atoms with Gasteiger partial charge in [-0.25, -0.2) is 4.89 Å². The van der Waals surface area contributed by atoms with Gasteiger partial charge in [-0.1, -0.05) is 0 Å². The Morgan fingerprint density at radius 3 is 2.12 bits per heavy atom. The van der Waals surface area contributed by atoms with E-state index in [9.17, 15) is 13.2 Å². The van der Waals surface area contributed by atoms with Crippen LogP contribution in [0.15, 0.2) is 0 Å². The monoisotopic (exact) mass is 256 g/mol. The summed E-state index contributed by atoms with van der Waals surface area (Å²) >= 11 is 0. The van der Waals surface area contributed by atoms with Crippen molar-refractivity contribution in [3.8, 4) is 0 Å². The molecule has 1 N–H and O–H groups in total. The molecule has 0 atom stereocenters. The van der Waals surface area contributed by atoms with Gasteiger partial charge in [0.15, 0.2) is 0 Å². The third kappa shape index (κ3) is 6.82. The summed E-state index contributed by atoms with van der Waals surface area (Å²) in [6, 6.07) is 0. The molecule has 4 nitrogen and oxygen atoms in total. The van der Waals surface area contributed by atoms with E-state index in [1.165, 1.54) is 4.90 Å². The zero-order chi connectivity index (χ0) is 12.7. The van der Waals surface area contributed by atoms with Crippen LogP contribution in [0, 0.1) is 0 Å². The van der Waals surface area contributed by atoms with E-state index in [2.05, 4.69) is 9.79 Å². The Morgan fingerprint density at radius 1 is 1.00 bits per heavy atom. The summed E-state index contributed by atoms with van der Waals surface area (Å²) in [5.41, 5.74) is 0. The topological polar surface area (TPSA) is 35.9 Å². The summed E-state index contributed by atoms with van der Waals surface area (Å²) in [7, 11) is 0. The molecule has 0 bridgehead atoms. The summed E-state index contributed by atoms with van der Waals surface area (Å²) in [5.74, 6) is 0. The van der Waals surface area contributed by atoms with Crippen molar-refractivity contribution >= 4 is 0 Å². The Morgan fingerprint density at radius 2 is 1.59 bits per heavy atom. The maximum absolute atomic E-state index is 12.1. The molecule has 0 aliphatic carbocycles. The molecule has 1 aliphatic rings. The van der Waals surface area contributed by atoms with Crippen LogP contribution in [-0.2, 0) is 4.89 Å². The smallest absolute Gasteiger partial charge is 0.301 e. The molecule has 1 fully saturated rings. The summed E-state index contributed by atoms with van der Waals surface area (Å²) in [4.78, 5) is 7.53. The summed E-state index contributed by atoms with van der Waals surface area (Å²) in [6.07, 6.45) is -2.44. The minimum atomic E-state index is -4.10.